The minimum Gasteiger partial charge on any atom is -0.361 e. The van der Waals surface area contributed by atoms with Gasteiger partial charge in [-0.1, -0.05) is 5.16 Å². The Labute approximate surface area is 136 Å². The van der Waals surface area contributed by atoms with Crippen molar-refractivity contribution in [2.45, 2.75) is 46.5 Å². The number of carbonyl (C=O) groups is 2. The van der Waals surface area contributed by atoms with Crippen molar-refractivity contribution in [3.63, 3.8) is 0 Å². The van der Waals surface area contributed by atoms with E-state index < -0.39 is 0 Å². The molecule has 3 rings (SSSR count). The van der Waals surface area contributed by atoms with Gasteiger partial charge in [0, 0.05) is 32.6 Å². The highest BCUT2D eigenvalue weighted by atomic mass is 16.5. The molecular formula is C17H25N3O3. The number of aromatic nitrogens is 1. The second-order valence-corrected chi connectivity index (χ2v) is 6.89. The van der Waals surface area contributed by atoms with E-state index in [2.05, 4.69) is 5.16 Å². The van der Waals surface area contributed by atoms with E-state index in [1.807, 2.05) is 16.7 Å². The number of nitrogens with zero attached hydrogens (tertiary/aromatic N) is 3. The molecule has 0 aromatic carbocycles. The molecule has 1 aromatic heterocycles. The third-order valence-electron chi connectivity index (χ3n) is 5.53. The van der Waals surface area contributed by atoms with Crippen LogP contribution in [-0.4, -0.2) is 52.9 Å². The maximum absolute atomic E-state index is 12.7. The van der Waals surface area contributed by atoms with Crippen LogP contribution in [0.4, 0.5) is 0 Å². The third-order valence-corrected chi connectivity index (χ3v) is 5.53. The Bertz CT molecular complexity index is 595. The molecule has 2 aliphatic heterocycles. The molecule has 2 amide bonds. The predicted octanol–water partition coefficient (Wildman–Crippen LogP) is 2.16. The van der Waals surface area contributed by atoms with Crippen LogP contribution in [0.15, 0.2) is 4.52 Å². The van der Waals surface area contributed by atoms with Crippen molar-refractivity contribution in [3.05, 3.63) is 17.0 Å². The Morgan fingerprint density at radius 2 is 1.87 bits per heavy atom. The van der Waals surface area contributed by atoms with Gasteiger partial charge in [0.15, 0.2) is 0 Å². The van der Waals surface area contributed by atoms with E-state index >= 15 is 0 Å². The average molecular weight is 319 g/mol. The van der Waals surface area contributed by atoms with Crippen LogP contribution in [0.25, 0.3) is 0 Å². The number of piperidine rings is 2. The summed E-state index contributed by atoms with van der Waals surface area (Å²) in [7, 11) is 0. The first-order valence-corrected chi connectivity index (χ1v) is 8.46. The second-order valence-electron chi connectivity index (χ2n) is 6.89. The molecular weight excluding hydrogens is 294 g/mol. The van der Waals surface area contributed by atoms with Gasteiger partial charge < -0.3 is 14.3 Å². The maximum atomic E-state index is 12.7. The van der Waals surface area contributed by atoms with Gasteiger partial charge >= 0.3 is 0 Å². The molecule has 2 fully saturated rings. The standard InChI is InChI=1S/C17H25N3O3/c1-4-19-8-5-17(11-14(19)21)6-9-20(10-7-17)16(22)15-12(2)18-23-13(15)3/h4-11H2,1-3H3. The minimum atomic E-state index is 0.00780. The summed E-state index contributed by atoms with van der Waals surface area (Å²) in [5, 5.41) is 3.87. The highest BCUT2D eigenvalue weighted by molar-refractivity contribution is 5.96. The van der Waals surface area contributed by atoms with E-state index in [0.717, 1.165) is 32.4 Å². The van der Waals surface area contributed by atoms with Gasteiger partial charge in [0.1, 0.15) is 11.3 Å². The number of hydrogen-bond acceptors (Lipinski definition) is 4. The fourth-order valence-corrected chi connectivity index (χ4v) is 3.91. The van der Waals surface area contributed by atoms with Crippen molar-refractivity contribution < 1.29 is 14.1 Å². The molecule has 6 heteroatoms. The molecule has 1 aromatic rings. The Morgan fingerprint density at radius 1 is 1.22 bits per heavy atom. The van der Waals surface area contributed by atoms with Crippen molar-refractivity contribution in [1.29, 1.82) is 0 Å². The molecule has 2 saturated heterocycles. The fraction of sp³-hybridized carbons (Fsp3) is 0.706. The zero-order valence-corrected chi connectivity index (χ0v) is 14.2. The molecule has 0 N–H and O–H groups in total. The van der Waals surface area contributed by atoms with Crippen LogP contribution in [0, 0.1) is 19.3 Å². The highest BCUT2D eigenvalue weighted by Gasteiger charge is 2.42. The Balaban J connectivity index is 1.65. The van der Waals surface area contributed by atoms with E-state index in [0.29, 0.717) is 36.5 Å². The van der Waals surface area contributed by atoms with Crippen molar-refractivity contribution in [3.8, 4) is 0 Å². The van der Waals surface area contributed by atoms with Crippen LogP contribution >= 0.6 is 0 Å². The van der Waals surface area contributed by atoms with Gasteiger partial charge in [0.05, 0.1) is 5.69 Å². The molecule has 0 saturated carbocycles. The van der Waals surface area contributed by atoms with E-state index in [1.54, 1.807) is 13.8 Å². The monoisotopic (exact) mass is 319 g/mol. The SMILES string of the molecule is CCN1CCC2(CCN(C(=O)c3c(C)noc3C)CC2)CC1=O. The summed E-state index contributed by atoms with van der Waals surface area (Å²) < 4.78 is 5.11. The van der Waals surface area contributed by atoms with Gasteiger partial charge in [-0.2, -0.15) is 0 Å². The molecule has 0 atom stereocenters. The van der Waals surface area contributed by atoms with Crippen molar-refractivity contribution in [1.82, 2.24) is 15.0 Å². The molecule has 0 bridgehead atoms. The first-order chi connectivity index (χ1) is 11.0. The number of rotatable bonds is 2. The smallest absolute Gasteiger partial charge is 0.259 e. The Morgan fingerprint density at radius 3 is 2.39 bits per heavy atom. The number of hydrogen-bond donors (Lipinski definition) is 0. The van der Waals surface area contributed by atoms with E-state index in [-0.39, 0.29) is 17.2 Å². The lowest BCUT2D eigenvalue weighted by atomic mass is 9.71. The molecule has 0 unspecified atom stereocenters. The summed E-state index contributed by atoms with van der Waals surface area (Å²) in [6.07, 6.45) is 3.50. The average Bonchev–Trinajstić information content (AvgIpc) is 2.86. The van der Waals surface area contributed by atoms with Gasteiger partial charge in [-0.3, -0.25) is 9.59 Å². The molecule has 126 valence electrons. The maximum Gasteiger partial charge on any atom is 0.259 e. The van der Waals surface area contributed by atoms with Gasteiger partial charge in [0.2, 0.25) is 5.91 Å². The van der Waals surface area contributed by atoms with Gasteiger partial charge in [-0.15, -0.1) is 0 Å². The van der Waals surface area contributed by atoms with E-state index in [1.165, 1.54) is 0 Å². The van der Waals surface area contributed by atoms with Crippen molar-refractivity contribution in [2.75, 3.05) is 26.2 Å². The Hall–Kier alpha value is -1.85. The number of aryl methyl sites for hydroxylation is 2. The first-order valence-electron chi connectivity index (χ1n) is 8.46. The number of likely N-dealkylation sites (tertiary alicyclic amines) is 2. The normalized spacial score (nSPS) is 21.1. The summed E-state index contributed by atoms with van der Waals surface area (Å²) in [5.74, 6) is 0.858. The van der Waals surface area contributed by atoms with Crippen LogP contribution in [-0.2, 0) is 4.79 Å². The molecule has 0 aliphatic carbocycles. The largest absolute Gasteiger partial charge is 0.361 e. The fourth-order valence-electron chi connectivity index (χ4n) is 3.91. The van der Waals surface area contributed by atoms with E-state index in [9.17, 15) is 9.59 Å². The summed E-state index contributed by atoms with van der Waals surface area (Å²) in [6.45, 7) is 8.68. The van der Waals surface area contributed by atoms with Crippen LogP contribution in [0.2, 0.25) is 0 Å². The van der Waals surface area contributed by atoms with Crippen LogP contribution in [0.5, 0.6) is 0 Å². The van der Waals surface area contributed by atoms with Crippen LogP contribution in [0.1, 0.15) is 54.4 Å². The summed E-state index contributed by atoms with van der Waals surface area (Å²) in [4.78, 5) is 28.7. The lowest BCUT2D eigenvalue weighted by molar-refractivity contribution is -0.139. The molecule has 1 spiro atoms. The topological polar surface area (TPSA) is 66.7 Å². The summed E-state index contributed by atoms with van der Waals surface area (Å²) >= 11 is 0. The summed E-state index contributed by atoms with van der Waals surface area (Å²) in [6, 6.07) is 0. The highest BCUT2D eigenvalue weighted by Crippen LogP contribution is 2.42. The Kier molecular flexibility index (Phi) is 4.17. The van der Waals surface area contributed by atoms with Gasteiger partial charge in [-0.25, -0.2) is 0 Å². The second kappa shape index (κ2) is 5.98. The minimum absolute atomic E-state index is 0.00780. The van der Waals surface area contributed by atoms with Crippen molar-refractivity contribution in [2.24, 2.45) is 5.41 Å². The molecule has 23 heavy (non-hydrogen) atoms. The lowest BCUT2D eigenvalue weighted by Crippen LogP contribution is -2.50. The van der Waals surface area contributed by atoms with E-state index in [4.69, 9.17) is 4.52 Å². The molecule has 2 aliphatic rings. The quantitative estimate of drug-likeness (QED) is 0.838. The van der Waals surface area contributed by atoms with Gasteiger partial charge in [-0.05, 0) is 45.4 Å². The molecule has 0 radical (unpaired) electrons. The van der Waals surface area contributed by atoms with Crippen LogP contribution in [0.3, 0.4) is 0 Å². The van der Waals surface area contributed by atoms with Crippen LogP contribution < -0.4 is 0 Å². The van der Waals surface area contributed by atoms with Crippen molar-refractivity contribution >= 4 is 11.8 Å². The molecule has 3 heterocycles. The first kappa shape index (κ1) is 16.0. The van der Waals surface area contributed by atoms with Gasteiger partial charge in [0.25, 0.3) is 5.91 Å². The number of amides is 2. The zero-order chi connectivity index (χ0) is 16.6. The lowest BCUT2D eigenvalue weighted by Gasteiger charge is -2.46. The molecule has 6 nitrogen and oxygen atoms in total. The zero-order valence-electron chi connectivity index (χ0n) is 14.2. The third kappa shape index (κ3) is 2.86. The predicted molar refractivity (Wildman–Crippen MR) is 85.0 cm³/mol. The summed E-state index contributed by atoms with van der Waals surface area (Å²) in [5.41, 5.74) is 1.34. The number of carbonyl (C=O) groups excluding carboxylic acids is 2.